The third-order valence-electron chi connectivity index (χ3n) is 2.65. The maximum absolute atomic E-state index is 11.9. The lowest BCUT2D eigenvalue weighted by Crippen LogP contribution is -2.14. The van der Waals surface area contributed by atoms with Gasteiger partial charge in [-0.25, -0.2) is 9.97 Å². The van der Waals surface area contributed by atoms with Crippen LogP contribution in [0.2, 0.25) is 0 Å². The van der Waals surface area contributed by atoms with Crippen LogP contribution in [0.4, 0.5) is 5.13 Å². The Balaban J connectivity index is 1.64. The van der Waals surface area contributed by atoms with Crippen molar-refractivity contribution in [3.8, 4) is 5.69 Å². The number of imidazole rings is 1. The van der Waals surface area contributed by atoms with Gasteiger partial charge in [-0.15, -0.1) is 11.3 Å². The Kier molecular flexibility index (Phi) is 4.32. The molecule has 21 heavy (non-hydrogen) atoms. The molecular weight excluding hydrogens is 304 g/mol. The largest absolute Gasteiger partial charge is 0.301 e. The normalized spacial score (nSPS) is 10.5. The summed E-state index contributed by atoms with van der Waals surface area (Å²) in [4.78, 5) is 20.2. The number of nitrogens with one attached hydrogen (secondary N) is 1. The van der Waals surface area contributed by atoms with E-state index in [0.717, 1.165) is 10.8 Å². The molecular formula is C14H12N4OS2. The molecule has 0 radical (unpaired) electrons. The van der Waals surface area contributed by atoms with Gasteiger partial charge < -0.3 is 5.32 Å². The number of carbonyl (C=O) groups excluding carboxylic acids is 1. The van der Waals surface area contributed by atoms with Crippen molar-refractivity contribution in [2.45, 2.75) is 5.16 Å². The van der Waals surface area contributed by atoms with Gasteiger partial charge in [-0.2, -0.15) is 0 Å². The van der Waals surface area contributed by atoms with Crippen LogP contribution in [0.15, 0.2) is 59.5 Å². The number of benzene rings is 1. The molecule has 0 fully saturated rings. The fourth-order valence-corrected chi connectivity index (χ4v) is 3.07. The van der Waals surface area contributed by atoms with Gasteiger partial charge in [-0.1, -0.05) is 30.0 Å². The minimum atomic E-state index is -0.0856. The van der Waals surface area contributed by atoms with E-state index in [9.17, 15) is 4.79 Å². The quantitative estimate of drug-likeness (QED) is 0.735. The lowest BCUT2D eigenvalue weighted by Gasteiger charge is -2.07. The minimum absolute atomic E-state index is 0.0856. The van der Waals surface area contributed by atoms with E-state index in [-0.39, 0.29) is 5.91 Å². The summed E-state index contributed by atoms with van der Waals surface area (Å²) in [7, 11) is 0. The number of aromatic nitrogens is 3. The maximum Gasteiger partial charge on any atom is 0.236 e. The topological polar surface area (TPSA) is 59.8 Å². The first-order valence-corrected chi connectivity index (χ1v) is 8.10. The van der Waals surface area contributed by atoms with Crippen molar-refractivity contribution in [1.29, 1.82) is 0 Å². The summed E-state index contributed by atoms with van der Waals surface area (Å²) in [6.45, 7) is 0. The average molecular weight is 316 g/mol. The van der Waals surface area contributed by atoms with Crippen LogP contribution >= 0.6 is 23.1 Å². The molecule has 0 aliphatic rings. The molecule has 2 aromatic heterocycles. The molecule has 0 unspecified atom stereocenters. The molecule has 0 bridgehead atoms. The number of nitrogens with zero attached hydrogens (tertiary/aromatic N) is 3. The summed E-state index contributed by atoms with van der Waals surface area (Å²) >= 11 is 2.80. The number of carbonyl (C=O) groups is 1. The van der Waals surface area contributed by atoms with Crippen LogP contribution in [0.1, 0.15) is 0 Å². The van der Waals surface area contributed by atoms with Gasteiger partial charge in [-0.05, 0) is 12.1 Å². The van der Waals surface area contributed by atoms with Gasteiger partial charge in [0.15, 0.2) is 10.3 Å². The van der Waals surface area contributed by atoms with E-state index < -0.39 is 0 Å². The van der Waals surface area contributed by atoms with Gasteiger partial charge in [0.05, 0.1) is 5.75 Å². The molecule has 1 N–H and O–H groups in total. The van der Waals surface area contributed by atoms with Gasteiger partial charge in [0, 0.05) is 29.7 Å². The van der Waals surface area contributed by atoms with Crippen molar-refractivity contribution >= 4 is 34.1 Å². The molecule has 1 amide bonds. The van der Waals surface area contributed by atoms with Crippen molar-refractivity contribution in [2.24, 2.45) is 0 Å². The number of para-hydroxylation sites is 1. The second-order valence-electron chi connectivity index (χ2n) is 4.09. The second-order valence-corrected chi connectivity index (χ2v) is 5.93. The van der Waals surface area contributed by atoms with Crippen LogP contribution in [0.25, 0.3) is 5.69 Å². The maximum atomic E-state index is 11.9. The van der Waals surface area contributed by atoms with Crippen molar-refractivity contribution in [3.05, 3.63) is 54.3 Å². The SMILES string of the molecule is O=C(CSc1nccn1-c1ccccc1)Nc1nccs1. The first-order chi connectivity index (χ1) is 10.3. The Labute approximate surface area is 130 Å². The van der Waals surface area contributed by atoms with Gasteiger partial charge >= 0.3 is 0 Å². The van der Waals surface area contributed by atoms with E-state index in [1.165, 1.54) is 23.1 Å². The zero-order chi connectivity index (χ0) is 14.5. The second kappa shape index (κ2) is 6.55. The Morgan fingerprint density at radius 3 is 2.86 bits per heavy atom. The molecule has 3 rings (SSSR count). The van der Waals surface area contributed by atoms with E-state index in [4.69, 9.17) is 0 Å². The van der Waals surface area contributed by atoms with E-state index in [0.29, 0.717) is 10.9 Å². The molecule has 1 aromatic carbocycles. The summed E-state index contributed by atoms with van der Waals surface area (Å²) in [6, 6.07) is 9.91. The van der Waals surface area contributed by atoms with Gasteiger partial charge in [0.25, 0.3) is 0 Å². The van der Waals surface area contributed by atoms with E-state index >= 15 is 0 Å². The summed E-state index contributed by atoms with van der Waals surface area (Å²) < 4.78 is 1.96. The highest BCUT2D eigenvalue weighted by molar-refractivity contribution is 7.99. The molecule has 0 atom stereocenters. The zero-order valence-electron chi connectivity index (χ0n) is 11.0. The third-order valence-corrected chi connectivity index (χ3v) is 4.31. The number of thiazole rings is 1. The lowest BCUT2D eigenvalue weighted by molar-refractivity contribution is -0.113. The molecule has 3 aromatic rings. The lowest BCUT2D eigenvalue weighted by atomic mass is 10.3. The fourth-order valence-electron chi connectivity index (χ4n) is 1.75. The van der Waals surface area contributed by atoms with E-state index in [1.807, 2.05) is 46.5 Å². The van der Waals surface area contributed by atoms with Crippen LogP contribution in [0.5, 0.6) is 0 Å². The number of hydrogen-bond donors (Lipinski definition) is 1. The molecule has 7 heteroatoms. The Morgan fingerprint density at radius 2 is 2.10 bits per heavy atom. The molecule has 0 saturated carbocycles. The smallest absolute Gasteiger partial charge is 0.236 e. The number of thioether (sulfide) groups is 1. The summed E-state index contributed by atoms with van der Waals surface area (Å²) in [5.41, 5.74) is 1.03. The van der Waals surface area contributed by atoms with Crippen LogP contribution in [0.3, 0.4) is 0 Å². The average Bonchev–Trinajstić information content (AvgIpc) is 3.17. The van der Waals surface area contributed by atoms with Crippen molar-refractivity contribution < 1.29 is 4.79 Å². The Bertz CT molecular complexity index is 710. The number of hydrogen-bond acceptors (Lipinski definition) is 5. The van der Waals surface area contributed by atoms with Gasteiger partial charge in [0.2, 0.25) is 5.91 Å². The zero-order valence-corrected chi connectivity index (χ0v) is 12.6. The van der Waals surface area contributed by atoms with E-state index in [2.05, 4.69) is 15.3 Å². The summed E-state index contributed by atoms with van der Waals surface area (Å²) in [5, 5.41) is 5.98. The molecule has 0 aliphatic heterocycles. The number of anilines is 1. The monoisotopic (exact) mass is 316 g/mol. The van der Waals surface area contributed by atoms with Crippen LogP contribution < -0.4 is 5.32 Å². The first kappa shape index (κ1) is 13.8. The summed E-state index contributed by atoms with van der Waals surface area (Å²) in [6.07, 6.45) is 5.28. The van der Waals surface area contributed by atoms with E-state index in [1.54, 1.807) is 12.4 Å². The highest BCUT2D eigenvalue weighted by Gasteiger charge is 2.09. The Hall–Kier alpha value is -2.12. The van der Waals surface area contributed by atoms with Gasteiger partial charge in [0.1, 0.15) is 0 Å². The standard InChI is InChI=1S/C14H12N4OS2/c19-12(17-13-15-7-9-20-13)10-21-14-16-6-8-18(14)11-4-2-1-3-5-11/h1-9H,10H2,(H,15,17,19). The Morgan fingerprint density at radius 1 is 1.24 bits per heavy atom. The number of rotatable bonds is 5. The molecule has 0 saturated heterocycles. The molecule has 0 spiro atoms. The summed E-state index contributed by atoms with van der Waals surface area (Å²) in [5.74, 6) is 0.209. The van der Waals surface area contributed by atoms with Crippen LogP contribution in [-0.4, -0.2) is 26.2 Å². The molecule has 0 aliphatic carbocycles. The van der Waals surface area contributed by atoms with Crippen LogP contribution in [-0.2, 0) is 4.79 Å². The molecule has 106 valence electrons. The third kappa shape index (κ3) is 3.50. The molecule has 2 heterocycles. The highest BCUT2D eigenvalue weighted by Crippen LogP contribution is 2.20. The van der Waals surface area contributed by atoms with Crippen molar-refractivity contribution in [2.75, 3.05) is 11.1 Å². The minimum Gasteiger partial charge on any atom is -0.301 e. The van der Waals surface area contributed by atoms with Crippen LogP contribution in [0, 0.1) is 0 Å². The number of amides is 1. The van der Waals surface area contributed by atoms with Crippen molar-refractivity contribution in [1.82, 2.24) is 14.5 Å². The first-order valence-electron chi connectivity index (χ1n) is 6.24. The molecule has 5 nitrogen and oxygen atoms in total. The van der Waals surface area contributed by atoms with Gasteiger partial charge in [-0.3, -0.25) is 9.36 Å². The van der Waals surface area contributed by atoms with Crippen molar-refractivity contribution in [3.63, 3.8) is 0 Å². The predicted molar refractivity (Wildman–Crippen MR) is 85.0 cm³/mol. The predicted octanol–water partition coefficient (Wildman–Crippen LogP) is 3.06. The highest BCUT2D eigenvalue weighted by atomic mass is 32.2. The fraction of sp³-hybridized carbons (Fsp3) is 0.0714.